The van der Waals surface area contributed by atoms with Crippen molar-refractivity contribution in [2.24, 2.45) is 4.99 Å². The van der Waals surface area contributed by atoms with E-state index in [1.54, 1.807) is 11.9 Å². The maximum Gasteiger partial charge on any atom is 0.148 e. The van der Waals surface area contributed by atoms with Crippen molar-refractivity contribution in [3.8, 4) is 0 Å². The highest BCUT2D eigenvalue weighted by Crippen LogP contribution is 2.45. The number of benzene rings is 1. The van der Waals surface area contributed by atoms with E-state index in [4.69, 9.17) is 0 Å². The number of hydrogen-bond acceptors (Lipinski definition) is 7. The Balaban J connectivity index is 1.50. The second kappa shape index (κ2) is 8.40. The molecule has 31 heavy (non-hydrogen) atoms. The number of anilines is 3. The number of allylic oxidation sites excluding steroid dienone is 1. The van der Waals surface area contributed by atoms with Crippen LogP contribution >= 0.6 is 11.9 Å². The van der Waals surface area contributed by atoms with Crippen LogP contribution in [0.4, 0.5) is 17.2 Å². The molecular formula is C24H28N6S. The van der Waals surface area contributed by atoms with E-state index < -0.39 is 0 Å². The average molecular weight is 433 g/mol. The van der Waals surface area contributed by atoms with Crippen LogP contribution in [0.2, 0.25) is 0 Å². The minimum absolute atomic E-state index is 0.615. The van der Waals surface area contributed by atoms with E-state index in [-0.39, 0.29) is 0 Å². The number of pyridine rings is 1. The number of hydrogen-bond donors (Lipinski definition) is 0. The summed E-state index contributed by atoms with van der Waals surface area (Å²) < 4.78 is 2.18. The Bertz CT molecular complexity index is 1050. The second-order valence-electron chi connectivity index (χ2n) is 8.17. The fourth-order valence-corrected chi connectivity index (χ4v) is 5.48. The topological polar surface area (TPSA) is 38.2 Å². The number of rotatable bonds is 4. The molecule has 3 aliphatic rings. The number of nitrogens with zero attached hydrogens (tertiary/aromatic N) is 6. The van der Waals surface area contributed by atoms with Crippen LogP contribution in [0.15, 0.2) is 59.1 Å². The Morgan fingerprint density at radius 3 is 2.77 bits per heavy atom. The van der Waals surface area contributed by atoms with Crippen LogP contribution < -0.4 is 14.1 Å². The van der Waals surface area contributed by atoms with Gasteiger partial charge in [-0.3, -0.25) is 9.30 Å². The third kappa shape index (κ3) is 3.72. The summed E-state index contributed by atoms with van der Waals surface area (Å²) >= 11 is 1.69. The number of piperazine rings is 1. The minimum Gasteiger partial charge on any atom is -0.369 e. The van der Waals surface area contributed by atoms with Gasteiger partial charge in [0.05, 0.1) is 10.6 Å². The lowest BCUT2D eigenvalue weighted by atomic mass is 10.1. The first-order valence-corrected chi connectivity index (χ1v) is 11.5. The fraction of sp³-hybridized carbons (Fsp3) is 0.333. The van der Waals surface area contributed by atoms with Crippen molar-refractivity contribution in [3.05, 3.63) is 65.2 Å². The summed E-state index contributed by atoms with van der Waals surface area (Å²) in [4.78, 5) is 17.7. The molecule has 4 heterocycles. The van der Waals surface area contributed by atoms with Crippen molar-refractivity contribution in [3.63, 3.8) is 0 Å². The Hall–Kier alpha value is -2.77. The summed E-state index contributed by atoms with van der Waals surface area (Å²) in [6.45, 7) is 11.8. The smallest absolute Gasteiger partial charge is 0.148 e. The number of fused-ring (bicyclic) bond motifs is 2. The maximum absolute atomic E-state index is 4.68. The number of likely N-dealkylation sites (N-methyl/N-ethyl adjacent to an activating group) is 1. The zero-order valence-electron chi connectivity index (χ0n) is 18.2. The molecular weight excluding hydrogens is 404 g/mol. The van der Waals surface area contributed by atoms with Crippen LogP contribution in [-0.2, 0) is 0 Å². The van der Waals surface area contributed by atoms with Crippen LogP contribution in [0, 0.1) is 6.92 Å². The van der Waals surface area contributed by atoms with Crippen LogP contribution in [0.25, 0.3) is 5.70 Å². The molecule has 0 spiro atoms. The van der Waals surface area contributed by atoms with Gasteiger partial charge in [0, 0.05) is 62.1 Å². The highest BCUT2D eigenvalue weighted by atomic mass is 32.2. The van der Waals surface area contributed by atoms with E-state index in [9.17, 15) is 0 Å². The van der Waals surface area contributed by atoms with E-state index in [1.807, 2.05) is 24.6 Å². The Morgan fingerprint density at radius 2 is 2.00 bits per heavy atom. The summed E-state index contributed by atoms with van der Waals surface area (Å²) in [6.07, 6.45) is 5.77. The van der Waals surface area contributed by atoms with Gasteiger partial charge in [-0.25, -0.2) is 4.98 Å². The lowest BCUT2D eigenvalue weighted by Gasteiger charge is -2.38. The molecule has 0 saturated carbocycles. The van der Waals surface area contributed by atoms with E-state index in [2.05, 4.69) is 73.8 Å². The van der Waals surface area contributed by atoms with Crippen LogP contribution in [0.5, 0.6) is 0 Å². The number of aromatic nitrogens is 1. The molecule has 3 aliphatic heterocycles. The van der Waals surface area contributed by atoms with Crippen molar-refractivity contribution in [2.45, 2.75) is 6.92 Å². The average Bonchev–Trinajstić information content (AvgIpc) is 2.79. The van der Waals surface area contributed by atoms with Gasteiger partial charge in [0.1, 0.15) is 12.5 Å². The van der Waals surface area contributed by atoms with E-state index >= 15 is 0 Å². The molecule has 1 aromatic heterocycles. The van der Waals surface area contributed by atoms with Crippen molar-refractivity contribution < 1.29 is 0 Å². The quantitative estimate of drug-likeness (QED) is 0.537. The van der Waals surface area contributed by atoms with Gasteiger partial charge >= 0.3 is 0 Å². The van der Waals surface area contributed by atoms with Gasteiger partial charge in [0.2, 0.25) is 0 Å². The lowest BCUT2D eigenvalue weighted by molar-refractivity contribution is 0.313. The van der Waals surface area contributed by atoms with E-state index in [0.29, 0.717) is 6.67 Å². The maximum atomic E-state index is 4.68. The van der Waals surface area contributed by atoms with Gasteiger partial charge in [0.15, 0.2) is 0 Å². The van der Waals surface area contributed by atoms with E-state index in [0.717, 1.165) is 49.0 Å². The first kappa shape index (κ1) is 20.2. The molecule has 0 amide bonds. The zero-order chi connectivity index (χ0) is 21.4. The minimum atomic E-state index is 0.615. The normalized spacial score (nSPS) is 18.8. The van der Waals surface area contributed by atoms with Gasteiger partial charge in [0.25, 0.3) is 0 Å². The van der Waals surface area contributed by atoms with Gasteiger partial charge in [-0.2, -0.15) is 0 Å². The first-order valence-electron chi connectivity index (χ1n) is 10.7. The molecule has 0 atom stereocenters. The molecule has 0 aliphatic carbocycles. The third-order valence-corrected chi connectivity index (χ3v) is 7.09. The van der Waals surface area contributed by atoms with Gasteiger partial charge in [-0.15, -0.1) is 6.58 Å². The molecule has 1 saturated heterocycles. The molecule has 2 aromatic rings. The number of aliphatic imine (C=N–C) groups is 1. The predicted octanol–water partition coefficient (Wildman–Crippen LogP) is 4.01. The standard InChI is InChI=1S/C24H28N6S/c1-4-10-30-24-20(6-5-9-26-24)23-22(31-30)16-25-17-29(23)21-8-7-19(15-18(21)2)28-13-11-27(3)12-14-28/h4-9,15-16H,1,10-14,17H2,2-3H3. The number of aryl methyl sites for hydroxylation is 1. The Labute approximate surface area is 188 Å². The molecule has 7 heteroatoms. The van der Waals surface area contributed by atoms with Crippen LogP contribution in [0.3, 0.4) is 0 Å². The predicted molar refractivity (Wildman–Crippen MR) is 133 cm³/mol. The molecule has 0 unspecified atom stereocenters. The molecule has 6 nitrogen and oxygen atoms in total. The van der Waals surface area contributed by atoms with Crippen molar-refractivity contribution in [1.29, 1.82) is 0 Å². The van der Waals surface area contributed by atoms with Crippen LogP contribution in [-0.4, -0.2) is 62.5 Å². The van der Waals surface area contributed by atoms with Gasteiger partial charge < -0.3 is 14.7 Å². The monoisotopic (exact) mass is 432 g/mol. The second-order valence-corrected chi connectivity index (χ2v) is 9.23. The first-order chi connectivity index (χ1) is 15.2. The molecule has 0 bridgehead atoms. The van der Waals surface area contributed by atoms with Crippen molar-refractivity contribution in [1.82, 2.24) is 9.88 Å². The summed E-state index contributed by atoms with van der Waals surface area (Å²) in [5.41, 5.74) is 6.12. The third-order valence-electron chi connectivity index (χ3n) is 6.06. The van der Waals surface area contributed by atoms with Crippen LogP contribution in [0.1, 0.15) is 11.1 Å². The molecule has 160 valence electrons. The summed E-state index contributed by atoms with van der Waals surface area (Å²) in [5, 5.41) is 0. The van der Waals surface area contributed by atoms with E-state index in [1.165, 1.54) is 22.6 Å². The molecule has 1 fully saturated rings. The van der Waals surface area contributed by atoms with Gasteiger partial charge in [-0.05, 0) is 61.8 Å². The molecule has 5 rings (SSSR count). The molecule has 0 N–H and O–H groups in total. The highest BCUT2D eigenvalue weighted by molar-refractivity contribution is 8.05. The SMILES string of the molecule is C=CCN1SC2=C(c3cccnc31)N(c1ccc(N3CCN(C)CC3)cc1C)CN=C2. The zero-order valence-corrected chi connectivity index (χ0v) is 19.0. The summed E-state index contributed by atoms with van der Waals surface area (Å²) in [6, 6.07) is 11.0. The lowest BCUT2D eigenvalue weighted by Crippen LogP contribution is -2.44. The Kier molecular flexibility index (Phi) is 5.46. The summed E-state index contributed by atoms with van der Waals surface area (Å²) in [7, 11) is 2.19. The Morgan fingerprint density at radius 1 is 1.16 bits per heavy atom. The molecule has 0 radical (unpaired) electrons. The fourth-order valence-electron chi connectivity index (χ4n) is 4.40. The largest absolute Gasteiger partial charge is 0.369 e. The van der Waals surface area contributed by atoms with Crippen molar-refractivity contribution >= 4 is 41.1 Å². The summed E-state index contributed by atoms with van der Waals surface area (Å²) in [5.74, 6) is 0.984. The molecule has 1 aromatic carbocycles. The van der Waals surface area contributed by atoms with Crippen molar-refractivity contribution in [2.75, 3.05) is 60.5 Å². The van der Waals surface area contributed by atoms with Gasteiger partial charge in [-0.1, -0.05) is 6.08 Å². The highest BCUT2D eigenvalue weighted by Gasteiger charge is 2.31.